The molecule has 4 aromatic rings. The minimum Gasteiger partial charge on any atom is -0.494 e. The van der Waals surface area contributed by atoms with Crippen LogP contribution in [-0.4, -0.2) is 102 Å². The van der Waals surface area contributed by atoms with E-state index in [1.165, 1.54) is 0 Å². The molecule has 1 aromatic heterocycles. The number of rotatable bonds is 11. The fourth-order valence-corrected chi connectivity index (χ4v) is 8.18. The summed E-state index contributed by atoms with van der Waals surface area (Å²) < 4.78 is 12.3. The third-order valence-corrected chi connectivity index (χ3v) is 11.3. The topological polar surface area (TPSA) is 174 Å². The number of fused-ring (bicyclic) bond motifs is 2. The van der Waals surface area contributed by atoms with E-state index in [-0.39, 0.29) is 42.0 Å². The molecule has 2 N–H and O–H groups in total. The number of nitrogens with one attached hydrogen (secondary N) is 2. The highest BCUT2D eigenvalue weighted by Gasteiger charge is 2.44. The number of imide groups is 2. The van der Waals surface area contributed by atoms with Crippen molar-refractivity contribution in [3.8, 4) is 17.6 Å². The van der Waals surface area contributed by atoms with Crippen molar-refractivity contribution in [2.45, 2.75) is 63.1 Å². The highest BCUT2D eigenvalue weighted by molar-refractivity contribution is 6.23. The van der Waals surface area contributed by atoms with Gasteiger partial charge in [-0.05, 0) is 105 Å². The van der Waals surface area contributed by atoms with Gasteiger partial charge in [0.2, 0.25) is 11.8 Å². The van der Waals surface area contributed by atoms with Crippen LogP contribution in [0.3, 0.4) is 0 Å². The standard InChI is InChI=1S/C43H43N7O7/c44-26-28-6-16-37(34-3-1-18-45-39(28)34)57-32-12-7-29(8-13-32)46-40(52)27-4-10-31(11-5-27)56-24-2-19-48-20-22-49(23-21-48)30-9-14-33-35(25-30)43(55)50(42(33)54)36-15-17-38(51)47-41(36)53/h1,3-6,9-11,14,16,18,25,29,32,36H,2,7-8,12-13,15,17,19-24H2,(H,46,52)(H,47,51,53). The van der Waals surface area contributed by atoms with Crippen LogP contribution in [-0.2, 0) is 9.59 Å². The minimum atomic E-state index is -0.982. The Hall–Kier alpha value is -6.33. The average Bonchev–Trinajstić information content (AvgIpc) is 3.48. The van der Waals surface area contributed by atoms with Gasteiger partial charge in [-0.1, -0.05) is 0 Å². The molecule has 4 aliphatic rings. The highest BCUT2D eigenvalue weighted by Crippen LogP contribution is 2.33. The fraction of sp³-hybridized carbons (Fsp3) is 0.372. The number of ether oxygens (including phenoxy) is 2. The summed E-state index contributed by atoms with van der Waals surface area (Å²) in [6.45, 7) is 4.57. The third kappa shape index (κ3) is 8.01. The Balaban J connectivity index is 0.737. The number of benzene rings is 3. The highest BCUT2D eigenvalue weighted by atomic mass is 16.5. The number of aromatic nitrogens is 1. The Morgan fingerprint density at radius 1 is 0.895 bits per heavy atom. The molecule has 3 aromatic carbocycles. The summed E-state index contributed by atoms with van der Waals surface area (Å²) in [7, 11) is 0. The molecule has 2 saturated heterocycles. The van der Waals surface area contributed by atoms with Gasteiger partial charge in [0.15, 0.2) is 0 Å². The van der Waals surface area contributed by atoms with Gasteiger partial charge in [0.1, 0.15) is 23.6 Å². The van der Waals surface area contributed by atoms with Crippen LogP contribution in [0, 0.1) is 11.3 Å². The number of pyridine rings is 1. The zero-order chi connectivity index (χ0) is 39.5. The number of piperidine rings is 1. The van der Waals surface area contributed by atoms with E-state index in [1.807, 2.05) is 36.4 Å². The lowest BCUT2D eigenvalue weighted by atomic mass is 9.92. The molecule has 3 fully saturated rings. The molecule has 4 heterocycles. The van der Waals surface area contributed by atoms with Gasteiger partial charge in [-0.15, -0.1) is 0 Å². The van der Waals surface area contributed by atoms with E-state index in [0.717, 1.165) is 86.6 Å². The van der Waals surface area contributed by atoms with Crippen molar-refractivity contribution >= 4 is 46.1 Å². The van der Waals surface area contributed by atoms with E-state index in [9.17, 15) is 29.2 Å². The summed E-state index contributed by atoms with van der Waals surface area (Å²) in [5.41, 5.74) is 3.16. The second-order valence-corrected chi connectivity index (χ2v) is 14.9. The molecule has 5 amide bonds. The van der Waals surface area contributed by atoms with Crippen molar-refractivity contribution in [1.29, 1.82) is 5.26 Å². The minimum absolute atomic E-state index is 0.0241. The van der Waals surface area contributed by atoms with Gasteiger partial charge in [-0.25, -0.2) is 0 Å². The number of nitrogens with zero attached hydrogens (tertiary/aromatic N) is 5. The predicted octanol–water partition coefficient (Wildman–Crippen LogP) is 4.22. The number of hydrogen-bond donors (Lipinski definition) is 2. The first-order valence-corrected chi connectivity index (χ1v) is 19.6. The van der Waals surface area contributed by atoms with Crippen LogP contribution in [0.4, 0.5) is 5.69 Å². The molecular weight excluding hydrogens is 727 g/mol. The summed E-state index contributed by atoms with van der Waals surface area (Å²) in [6, 6.07) is 21.1. The maximum atomic E-state index is 13.3. The van der Waals surface area contributed by atoms with E-state index in [0.29, 0.717) is 29.0 Å². The molecule has 1 atom stereocenters. The Labute approximate surface area is 329 Å². The van der Waals surface area contributed by atoms with E-state index in [1.54, 1.807) is 36.5 Å². The maximum Gasteiger partial charge on any atom is 0.262 e. The van der Waals surface area contributed by atoms with Crippen LogP contribution in [0.2, 0.25) is 0 Å². The summed E-state index contributed by atoms with van der Waals surface area (Å²) in [5, 5.41) is 15.7. The van der Waals surface area contributed by atoms with E-state index in [4.69, 9.17) is 9.47 Å². The molecular formula is C43H43N7O7. The van der Waals surface area contributed by atoms with Crippen LogP contribution in [0.1, 0.15) is 81.6 Å². The van der Waals surface area contributed by atoms with Crippen LogP contribution < -0.4 is 25.0 Å². The lowest BCUT2D eigenvalue weighted by molar-refractivity contribution is -0.136. The number of piperazine rings is 1. The Bertz CT molecular complexity index is 2260. The molecule has 14 heteroatoms. The molecule has 0 bridgehead atoms. The van der Waals surface area contributed by atoms with Crippen LogP contribution in [0.5, 0.6) is 11.5 Å². The van der Waals surface area contributed by atoms with Gasteiger partial charge < -0.3 is 19.7 Å². The zero-order valence-corrected chi connectivity index (χ0v) is 31.4. The van der Waals surface area contributed by atoms with Gasteiger partial charge >= 0.3 is 0 Å². The van der Waals surface area contributed by atoms with Gasteiger partial charge in [0.25, 0.3) is 17.7 Å². The second-order valence-electron chi connectivity index (χ2n) is 14.9. The van der Waals surface area contributed by atoms with Gasteiger partial charge in [0, 0.05) is 68.0 Å². The third-order valence-electron chi connectivity index (χ3n) is 11.3. The summed E-state index contributed by atoms with van der Waals surface area (Å²) in [6.07, 6.45) is 5.98. The molecule has 292 valence electrons. The van der Waals surface area contributed by atoms with Gasteiger partial charge in [0.05, 0.1) is 34.9 Å². The van der Waals surface area contributed by atoms with Gasteiger partial charge in [-0.2, -0.15) is 5.26 Å². The number of carbonyl (C=O) groups excluding carboxylic acids is 5. The monoisotopic (exact) mass is 769 g/mol. The Kier molecular flexibility index (Phi) is 10.8. The Morgan fingerprint density at radius 2 is 1.67 bits per heavy atom. The van der Waals surface area contributed by atoms with Crippen molar-refractivity contribution in [2.75, 3.05) is 44.2 Å². The zero-order valence-electron chi connectivity index (χ0n) is 31.4. The fourth-order valence-electron chi connectivity index (χ4n) is 8.18. The molecule has 0 radical (unpaired) electrons. The van der Waals surface area contributed by atoms with Crippen LogP contribution in [0.25, 0.3) is 10.9 Å². The Morgan fingerprint density at radius 3 is 2.42 bits per heavy atom. The largest absolute Gasteiger partial charge is 0.494 e. The number of nitriles is 1. The number of anilines is 1. The number of amides is 5. The molecule has 8 rings (SSSR count). The van der Waals surface area contributed by atoms with Crippen molar-refractivity contribution < 1.29 is 33.4 Å². The normalized spacial score (nSPS) is 21.2. The first-order chi connectivity index (χ1) is 27.7. The van der Waals surface area contributed by atoms with Crippen molar-refractivity contribution in [1.82, 2.24) is 25.4 Å². The molecule has 3 aliphatic heterocycles. The smallest absolute Gasteiger partial charge is 0.262 e. The van der Waals surface area contributed by atoms with E-state index in [2.05, 4.69) is 31.5 Å². The van der Waals surface area contributed by atoms with Crippen molar-refractivity contribution in [2.24, 2.45) is 0 Å². The van der Waals surface area contributed by atoms with E-state index < -0.39 is 29.7 Å². The molecule has 57 heavy (non-hydrogen) atoms. The first-order valence-electron chi connectivity index (χ1n) is 19.6. The maximum absolute atomic E-state index is 13.3. The second kappa shape index (κ2) is 16.4. The molecule has 14 nitrogen and oxygen atoms in total. The van der Waals surface area contributed by atoms with E-state index >= 15 is 0 Å². The SMILES string of the molecule is N#Cc1ccc(OC2CCC(NC(=O)c3ccc(OCCCN4CCN(c5ccc6c(c5)C(=O)N(C5CCC(=O)NC5=O)C6=O)CC4)cc3)CC2)c2cccnc12. The molecule has 1 aliphatic carbocycles. The summed E-state index contributed by atoms with van der Waals surface area (Å²) in [4.78, 5) is 73.2. The predicted molar refractivity (Wildman–Crippen MR) is 209 cm³/mol. The lowest BCUT2D eigenvalue weighted by Gasteiger charge is -2.36. The lowest BCUT2D eigenvalue weighted by Crippen LogP contribution is -2.54. The number of carbonyl (C=O) groups is 5. The molecule has 1 unspecified atom stereocenters. The van der Waals surface area contributed by atoms with Crippen LogP contribution >= 0.6 is 0 Å². The van der Waals surface area contributed by atoms with Crippen LogP contribution in [0.15, 0.2) is 72.9 Å². The average molecular weight is 770 g/mol. The van der Waals surface area contributed by atoms with Crippen molar-refractivity contribution in [3.05, 3.63) is 95.2 Å². The molecule has 1 saturated carbocycles. The first kappa shape index (κ1) is 37.6. The van der Waals surface area contributed by atoms with Crippen molar-refractivity contribution in [3.63, 3.8) is 0 Å². The quantitative estimate of drug-likeness (QED) is 0.165. The molecule has 0 spiro atoms. The number of hydrogen-bond acceptors (Lipinski definition) is 11. The summed E-state index contributed by atoms with van der Waals surface area (Å²) in [5.74, 6) is -0.699. The summed E-state index contributed by atoms with van der Waals surface area (Å²) >= 11 is 0. The van der Waals surface area contributed by atoms with Gasteiger partial charge in [-0.3, -0.25) is 44.1 Å².